The third-order valence-corrected chi connectivity index (χ3v) is 2.85. The van der Waals surface area contributed by atoms with Gasteiger partial charge in [0.25, 0.3) is 0 Å². The van der Waals surface area contributed by atoms with Crippen molar-refractivity contribution in [1.82, 2.24) is 5.32 Å². The second-order valence-corrected chi connectivity index (χ2v) is 4.96. The van der Waals surface area contributed by atoms with E-state index < -0.39 is 0 Å². The van der Waals surface area contributed by atoms with Crippen LogP contribution in [0.3, 0.4) is 0 Å². The molecule has 1 rings (SSSR count). The molecule has 3 nitrogen and oxygen atoms in total. The summed E-state index contributed by atoms with van der Waals surface area (Å²) in [6.45, 7) is 12.0. The summed E-state index contributed by atoms with van der Waals surface area (Å²) >= 11 is 0. The van der Waals surface area contributed by atoms with Gasteiger partial charge in [0.05, 0.1) is 13.2 Å². The number of hydrogen-bond donors (Lipinski definition) is 1. The van der Waals surface area contributed by atoms with Gasteiger partial charge in [-0.25, -0.2) is 0 Å². The lowest BCUT2D eigenvalue weighted by Crippen LogP contribution is -2.40. The van der Waals surface area contributed by atoms with Crippen LogP contribution in [0.15, 0.2) is 0 Å². The van der Waals surface area contributed by atoms with Gasteiger partial charge in [0, 0.05) is 25.2 Å². The summed E-state index contributed by atoms with van der Waals surface area (Å²) in [6.07, 6.45) is 1.12. The highest BCUT2D eigenvalue weighted by molar-refractivity contribution is 4.85. The first-order valence-electron chi connectivity index (χ1n) is 6.05. The van der Waals surface area contributed by atoms with Crippen molar-refractivity contribution < 1.29 is 9.47 Å². The van der Waals surface area contributed by atoms with Gasteiger partial charge in [-0.3, -0.25) is 0 Å². The minimum atomic E-state index is 0.227. The average Bonchev–Trinajstić information content (AvgIpc) is 2.64. The zero-order valence-corrected chi connectivity index (χ0v) is 10.3. The fourth-order valence-corrected chi connectivity index (χ4v) is 1.90. The van der Waals surface area contributed by atoms with Crippen LogP contribution in [0.1, 0.15) is 27.2 Å². The molecular formula is C12H25NO2. The molecule has 0 spiro atoms. The maximum absolute atomic E-state index is 5.56. The van der Waals surface area contributed by atoms with E-state index >= 15 is 0 Å². The van der Waals surface area contributed by atoms with Crippen molar-refractivity contribution in [2.45, 2.75) is 27.2 Å². The lowest BCUT2D eigenvalue weighted by atomic mass is 9.88. The fourth-order valence-electron chi connectivity index (χ4n) is 1.90. The van der Waals surface area contributed by atoms with E-state index in [0.717, 1.165) is 45.9 Å². The van der Waals surface area contributed by atoms with Crippen LogP contribution in [0.2, 0.25) is 0 Å². The molecule has 0 aliphatic carbocycles. The van der Waals surface area contributed by atoms with Gasteiger partial charge in [-0.15, -0.1) is 0 Å². The molecule has 1 atom stereocenters. The molecule has 0 amide bonds. The first-order chi connectivity index (χ1) is 7.18. The maximum atomic E-state index is 5.56. The summed E-state index contributed by atoms with van der Waals surface area (Å²) in [7, 11) is 0. The summed E-state index contributed by atoms with van der Waals surface area (Å²) in [6, 6.07) is 0. The molecule has 1 fully saturated rings. The molecule has 0 saturated carbocycles. The third-order valence-electron chi connectivity index (χ3n) is 2.85. The number of nitrogens with one attached hydrogen (secondary N) is 1. The molecule has 0 aromatic rings. The summed E-state index contributed by atoms with van der Waals surface area (Å²) in [4.78, 5) is 0. The average molecular weight is 215 g/mol. The number of hydrogen-bond acceptors (Lipinski definition) is 3. The van der Waals surface area contributed by atoms with Crippen LogP contribution in [0.5, 0.6) is 0 Å². The predicted octanol–water partition coefficient (Wildman–Crippen LogP) is 1.68. The smallest absolute Gasteiger partial charge is 0.0557 e. The molecule has 0 aromatic carbocycles. The van der Waals surface area contributed by atoms with Gasteiger partial charge in [0.2, 0.25) is 0 Å². The molecule has 1 N–H and O–H groups in total. The Labute approximate surface area is 93.5 Å². The highest BCUT2D eigenvalue weighted by Gasteiger charge is 2.34. The molecule has 1 unspecified atom stereocenters. The van der Waals surface area contributed by atoms with Crippen molar-refractivity contribution in [2.75, 3.05) is 39.5 Å². The van der Waals surface area contributed by atoms with Gasteiger partial charge in [-0.05, 0) is 25.8 Å². The van der Waals surface area contributed by atoms with Crippen LogP contribution in [0.25, 0.3) is 0 Å². The Hall–Kier alpha value is -0.120. The first kappa shape index (κ1) is 12.9. The Morgan fingerprint density at radius 1 is 1.47 bits per heavy atom. The largest absolute Gasteiger partial charge is 0.381 e. The van der Waals surface area contributed by atoms with Crippen LogP contribution >= 0.6 is 0 Å². The van der Waals surface area contributed by atoms with Crippen molar-refractivity contribution in [3.63, 3.8) is 0 Å². The summed E-state index contributed by atoms with van der Waals surface area (Å²) in [5.41, 5.74) is 0.227. The molecule has 0 aromatic heterocycles. The third kappa shape index (κ3) is 4.49. The first-order valence-corrected chi connectivity index (χ1v) is 6.05. The predicted molar refractivity (Wildman–Crippen MR) is 62.1 cm³/mol. The topological polar surface area (TPSA) is 30.5 Å². The molecule has 0 radical (unpaired) electrons. The van der Waals surface area contributed by atoms with Crippen molar-refractivity contribution in [3.05, 3.63) is 0 Å². The van der Waals surface area contributed by atoms with Crippen LogP contribution in [0.4, 0.5) is 0 Å². The van der Waals surface area contributed by atoms with Gasteiger partial charge in [0.15, 0.2) is 0 Å². The van der Waals surface area contributed by atoms with E-state index in [1.807, 2.05) is 6.92 Å². The van der Waals surface area contributed by atoms with Crippen LogP contribution in [-0.2, 0) is 9.47 Å². The highest BCUT2D eigenvalue weighted by atomic mass is 16.5. The van der Waals surface area contributed by atoms with Crippen molar-refractivity contribution in [2.24, 2.45) is 11.3 Å². The standard InChI is InChI=1S/C12H25NO2/c1-4-14-9-12(5-6-15-10-12)8-13-7-11(2)3/h11,13H,4-10H2,1-3H3. The zero-order valence-electron chi connectivity index (χ0n) is 10.3. The highest BCUT2D eigenvalue weighted by Crippen LogP contribution is 2.28. The quantitative estimate of drug-likeness (QED) is 0.701. The van der Waals surface area contributed by atoms with Gasteiger partial charge in [-0.1, -0.05) is 13.8 Å². The summed E-state index contributed by atoms with van der Waals surface area (Å²) < 4.78 is 11.1. The molecule has 1 saturated heterocycles. The van der Waals surface area contributed by atoms with E-state index in [1.54, 1.807) is 0 Å². The van der Waals surface area contributed by atoms with Crippen LogP contribution in [-0.4, -0.2) is 39.5 Å². The molecule has 3 heteroatoms. The molecule has 1 heterocycles. The second kappa shape index (κ2) is 6.46. The SMILES string of the molecule is CCOCC1(CNCC(C)C)CCOC1. The molecule has 15 heavy (non-hydrogen) atoms. The van der Waals surface area contributed by atoms with Crippen molar-refractivity contribution >= 4 is 0 Å². The van der Waals surface area contributed by atoms with Gasteiger partial charge in [-0.2, -0.15) is 0 Å². The van der Waals surface area contributed by atoms with E-state index in [9.17, 15) is 0 Å². The number of ether oxygens (including phenoxy) is 2. The van der Waals surface area contributed by atoms with E-state index in [1.165, 1.54) is 0 Å². The lowest BCUT2D eigenvalue weighted by Gasteiger charge is -2.27. The van der Waals surface area contributed by atoms with Gasteiger partial charge >= 0.3 is 0 Å². The van der Waals surface area contributed by atoms with E-state index in [-0.39, 0.29) is 5.41 Å². The van der Waals surface area contributed by atoms with Crippen molar-refractivity contribution in [3.8, 4) is 0 Å². The number of rotatable bonds is 7. The molecule has 90 valence electrons. The summed E-state index contributed by atoms with van der Waals surface area (Å²) in [5, 5.41) is 3.52. The normalized spacial score (nSPS) is 26.4. The Morgan fingerprint density at radius 2 is 2.27 bits per heavy atom. The molecule has 0 bridgehead atoms. The van der Waals surface area contributed by atoms with Crippen LogP contribution < -0.4 is 5.32 Å². The Balaban J connectivity index is 2.29. The Kier molecular flexibility index (Phi) is 5.58. The second-order valence-electron chi connectivity index (χ2n) is 4.96. The fraction of sp³-hybridized carbons (Fsp3) is 1.00. The lowest BCUT2D eigenvalue weighted by molar-refractivity contribution is 0.0396. The van der Waals surface area contributed by atoms with Gasteiger partial charge in [0.1, 0.15) is 0 Å². The van der Waals surface area contributed by atoms with Crippen molar-refractivity contribution in [1.29, 1.82) is 0 Å². The van der Waals surface area contributed by atoms with Crippen LogP contribution in [0, 0.1) is 11.3 Å². The maximum Gasteiger partial charge on any atom is 0.0557 e. The molecular weight excluding hydrogens is 190 g/mol. The van der Waals surface area contributed by atoms with E-state index in [0.29, 0.717) is 5.92 Å². The summed E-state index contributed by atoms with van der Waals surface area (Å²) in [5.74, 6) is 0.705. The van der Waals surface area contributed by atoms with Gasteiger partial charge < -0.3 is 14.8 Å². The molecule has 1 aliphatic rings. The monoisotopic (exact) mass is 215 g/mol. The minimum Gasteiger partial charge on any atom is -0.381 e. The van der Waals surface area contributed by atoms with E-state index in [4.69, 9.17) is 9.47 Å². The Morgan fingerprint density at radius 3 is 2.80 bits per heavy atom. The minimum absolute atomic E-state index is 0.227. The van der Waals surface area contributed by atoms with E-state index in [2.05, 4.69) is 19.2 Å². The molecule has 1 aliphatic heterocycles. The zero-order chi connectivity index (χ0) is 11.1. The Bertz CT molecular complexity index is 165.